The molecule has 1 aliphatic rings. The molecule has 0 unspecified atom stereocenters. The van der Waals surface area contributed by atoms with Crippen molar-refractivity contribution < 1.29 is 17.6 Å². The summed E-state index contributed by atoms with van der Waals surface area (Å²) >= 11 is 0. The van der Waals surface area contributed by atoms with Gasteiger partial charge in [-0.25, -0.2) is 8.42 Å². The van der Waals surface area contributed by atoms with Crippen molar-refractivity contribution in [3.05, 3.63) is 48.0 Å². The van der Waals surface area contributed by atoms with Crippen LogP contribution in [0.25, 0.3) is 11.6 Å². The third kappa shape index (κ3) is 3.83. The van der Waals surface area contributed by atoms with Gasteiger partial charge < -0.3 is 14.3 Å². The van der Waals surface area contributed by atoms with Crippen LogP contribution >= 0.6 is 0 Å². The number of carbonyl (C=O) groups is 1. The number of hydrogen-bond donors (Lipinski definition) is 2. The van der Waals surface area contributed by atoms with E-state index in [4.69, 9.17) is 9.68 Å². The number of nitriles is 1. The van der Waals surface area contributed by atoms with Crippen LogP contribution in [0, 0.1) is 11.3 Å². The normalized spacial score (nSPS) is 14.0. The van der Waals surface area contributed by atoms with Crippen LogP contribution in [0.5, 0.6) is 0 Å². The second-order valence-electron chi connectivity index (χ2n) is 6.46. The lowest BCUT2D eigenvalue weighted by Gasteiger charge is -2.11. The molecular weight excluding hydrogens is 396 g/mol. The van der Waals surface area contributed by atoms with E-state index >= 15 is 0 Å². The van der Waals surface area contributed by atoms with Gasteiger partial charge in [0.05, 0.1) is 17.3 Å². The number of sulfonamides is 1. The van der Waals surface area contributed by atoms with E-state index in [-0.39, 0.29) is 34.0 Å². The lowest BCUT2D eigenvalue weighted by Crippen LogP contribution is -2.27. The molecule has 1 aliphatic heterocycles. The van der Waals surface area contributed by atoms with Crippen molar-refractivity contribution in [1.29, 1.82) is 5.26 Å². The number of benzene rings is 1. The topological polar surface area (TPSA) is 145 Å². The molecule has 0 aliphatic carbocycles. The van der Waals surface area contributed by atoms with Crippen molar-refractivity contribution in [2.75, 3.05) is 17.8 Å². The Morgan fingerprint density at radius 2 is 2.03 bits per heavy atom. The van der Waals surface area contributed by atoms with Gasteiger partial charge in [-0.3, -0.25) is 9.52 Å². The standard InChI is InChI=1S/C18H16N6O4S/c19-10-12-4-3-5-13(8-12)23-29(26,27)14-9-15(20-11-14)16-21-22-17(28-16)18(25)24-6-1-2-7-24/h3-5,8-9,11,20,23H,1-2,6-7H2. The molecule has 0 atom stereocenters. The van der Waals surface area contributed by atoms with Crippen molar-refractivity contribution in [2.45, 2.75) is 17.7 Å². The summed E-state index contributed by atoms with van der Waals surface area (Å²) in [4.78, 5) is 16.7. The van der Waals surface area contributed by atoms with E-state index < -0.39 is 10.0 Å². The van der Waals surface area contributed by atoms with E-state index in [1.807, 2.05) is 6.07 Å². The number of nitrogens with one attached hydrogen (secondary N) is 2. The molecule has 4 rings (SSSR count). The molecule has 148 valence electrons. The SMILES string of the molecule is N#Cc1cccc(NS(=O)(=O)c2c[nH]c(-c3nnc(C(=O)N4CCCC4)o3)c2)c1. The molecule has 1 saturated heterocycles. The molecule has 10 nitrogen and oxygen atoms in total. The monoisotopic (exact) mass is 412 g/mol. The summed E-state index contributed by atoms with van der Waals surface area (Å²) in [6, 6.07) is 9.40. The van der Waals surface area contributed by atoms with Crippen LogP contribution in [0.3, 0.4) is 0 Å². The largest absolute Gasteiger partial charge is 0.411 e. The molecule has 2 N–H and O–H groups in total. The van der Waals surface area contributed by atoms with Crippen LogP contribution < -0.4 is 4.72 Å². The fourth-order valence-corrected chi connectivity index (χ4v) is 4.04. The maximum Gasteiger partial charge on any atom is 0.311 e. The van der Waals surface area contributed by atoms with Crippen molar-refractivity contribution in [3.63, 3.8) is 0 Å². The quantitative estimate of drug-likeness (QED) is 0.651. The summed E-state index contributed by atoms with van der Waals surface area (Å²) in [7, 11) is -3.90. The number of aromatic amines is 1. The third-order valence-corrected chi connectivity index (χ3v) is 5.80. The van der Waals surface area contributed by atoms with Crippen molar-refractivity contribution in [3.8, 4) is 17.7 Å². The molecule has 3 heterocycles. The van der Waals surface area contributed by atoms with Gasteiger partial charge in [-0.1, -0.05) is 6.07 Å². The average molecular weight is 412 g/mol. The summed E-state index contributed by atoms with van der Waals surface area (Å²) in [5.41, 5.74) is 0.869. The average Bonchev–Trinajstić information content (AvgIpc) is 3.48. The molecule has 1 aromatic carbocycles. The Labute approximate surface area is 166 Å². The van der Waals surface area contributed by atoms with Crippen molar-refractivity contribution >= 4 is 21.6 Å². The van der Waals surface area contributed by atoms with Gasteiger partial charge in [-0.2, -0.15) is 5.26 Å². The highest BCUT2D eigenvalue weighted by molar-refractivity contribution is 7.92. The van der Waals surface area contributed by atoms with Crippen molar-refractivity contribution in [2.24, 2.45) is 0 Å². The number of hydrogen-bond acceptors (Lipinski definition) is 7. The highest BCUT2D eigenvalue weighted by Crippen LogP contribution is 2.23. The van der Waals surface area contributed by atoms with E-state index in [2.05, 4.69) is 19.9 Å². The van der Waals surface area contributed by atoms with Crippen LogP contribution in [0.4, 0.5) is 5.69 Å². The number of H-pyrrole nitrogens is 1. The first-order valence-corrected chi connectivity index (χ1v) is 10.3. The molecule has 11 heteroatoms. The minimum atomic E-state index is -3.90. The number of anilines is 1. The first kappa shape index (κ1) is 18.7. The van der Waals surface area contributed by atoms with Gasteiger partial charge in [0.2, 0.25) is 0 Å². The molecule has 3 aromatic rings. The molecule has 0 saturated carbocycles. The number of carbonyl (C=O) groups excluding carboxylic acids is 1. The van der Waals surface area contributed by atoms with Crippen LogP contribution in [0.2, 0.25) is 0 Å². The lowest BCUT2D eigenvalue weighted by atomic mass is 10.2. The third-order valence-electron chi connectivity index (χ3n) is 4.44. The summed E-state index contributed by atoms with van der Waals surface area (Å²) in [6.45, 7) is 1.31. The maximum absolute atomic E-state index is 12.6. The number of aromatic nitrogens is 3. The minimum absolute atomic E-state index is 0.0143. The highest BCUT2D eigenvalue weighted by atomic mass is 32.2. The molecule has 1 fully saturated rings. The Balaban J connectivity index is 1.53. The van der Waals surface area contributed by atoms with Gasteiger partial charge in [0.25, 0.3) is 15.9 Å². The second-order valence-corrected chi connectivity index (χ2v) is 8.14. The summed E-state index contributed by atoms with van der Waals surface area (Å²) in [6.07, 6.45) is 3.15. The fourth-order valence-electron chi connectivity index (χ4n) is 2.99. The number of likely N-dealkylation sites (tertiary alicyclic amines) is 1. The fraction of sp³-hybridized carbons (Fsp3) is 0.222. The lowest BCUT2D eigenvalue weighted by molar-refractivity contribution is 0.0754. The molecule has 2 aromatic heterocycles. The second kappa shape index (κ2) is 7.40. The molecule has 1 amide bonds. The summed E-state index contributed by atoms with van der Waals surface area (Å²) < 4.78 is 33.0. The van der Waals surface area contributed by atoms with Gasteiger partial charge in [-0.05, 0) is 37.1 Å². The first-order chi connectivity index (χ1) is 14.0. The predicted octanol–water partition coefficient (Wildman–Crippen LogP) is 1.97. The Kier molecular flexibility index (Phi) is 4.77. The van der Waals surface area contributed by atoms with Gasteiger partial charge in [0.1, 0.15) is 10.6 Å². The Bertz CT molecular complexity index is 1200. The van der Waals surface area contributed by atoms with Crippen molar-refractivity contribution in [1.82, 2.24) is 20.1 Å². The van der Waals surface area contributed by atoms with E-state index in [1.165, 1.54) is 18.3 Å². The van der Waals surface area contributed by atoms with Crippen LogP contribution in [-0.4, -0.2) is 47.5 Å². The first-order valence-electron chi connectivity index (χ1n) is 8.81. The van der Waals surface area contributed by atoms with Gasteiger partial charge in [0, 0.05) is 19.3 Å². The van der Waals surface area contributed by atoms with Crippen LogP contribution in [0.15, 0.2) is 45.8 Å². The summed E-state index contributed by atoms with van der Waals surface area (Å²) in [5.74, 6) is -0.451. The minimum Gasteiger partial charge on any atom is -0.411 e. The zero-order valence-electron chi connectivity index (χ0n) is 15.1. The molecule has 0 spiro atoms. The zero-order valence-corrected chi connectivity index (χ0v) is 15.9. The van der Waals surface area contributed by atoms with E-state index in [0.717, 1.165) is 12.8 Å². The van der Waals surface area contributed by atoms with E-state index in [0.29, 0.717) is 18.7 Å². The zero-order chi connectivity index (χ0) is 20.4. The van der Waals surface area contributed by atoms with Gasteiger partial charge >= 0.3 is 11.8 Å². The highest BCUT2D eigenvalue weighted by Gasteiger charge is 2.25. The number of rotatable bonds is 5. The Morgan fingerprint density at radius 3 is 2.79 bits per heavy atom. The molecule has 0 radical (unpaired) electrons. The maximum atomic E-state index is 12.6. The van der Waals surface area contributed by atoms with Crippen LogP contribution in [-0.2, 0) is 10.0 Å². The van der Waals surface area contributed by atoms with Gasteiger partial charge in [0.15, 0.2) is 0 Å². The Hall–Kier alpha value is -3.65. The summed E-state index contributed by atoms with van der Waals surface area (Å²) in [5, 5.41) is 16.5. The smallest absolute Gasteiger partial charge is 0.311 e. The van der Waals surface area contributed by atoms with Gasteiger partial charge in [-0.15, -0.1) is 10.2 Å². The number of amides is 1. The van der Waals surface area contributed by atoms with E-state index in [9.17, 15) is 13.2 Å². The Morgan fingerprint density at radius 1 is 1.24 bits per heavy atom. The van der Waals surface area contributed by atoms with Crippen LogP contribution in [0.1, 0.15) is 29.1 Å². The van der Waals surface area contributed by atoms with E-state index in [1.54, 1.807) is 23.1 Å². The molecule has 0 bridgehead atoms. The number of nitrogens with zero attached hydrogens (tertiary/aromatic N) is 4. The molecule has 29 heavy (non-hydrogen) atoms. The predicted molar refractivity (Wildman–Crippen MR) is 101 cm³/mol. The molecular formula is C18H16N6O4S.